The molecule has 49 heavy (non-hydrogen) atoms. The highest BCUT2D eigenvalue weighted by molar-refractivity contribution is 5.82. The fourth-order valence-corrected chi connectivity index (χ4v) is 3.29. The molecule has 0 aliphatic rings. The maximum atomic E-state index is 10.7. The number of nitro groups is 2. The molecule has 0 fully saturated rings. The van der Waals surface area contributed by atoms with Crippen molar-refractivity contribution in [1.29, 1.82) is 0 Å². The Kier molecular flexibility index (Phi) is 29.2. The molecule has 0 atom stereocenters. The molecule has 2 rings (SSSR count). The largest absolute Gasteiger partial charge is 0.394 e. The molecule has 2 aromatic carbocycles. The Hall–Kier alpha value is -4.55. The molecule has 0 aliphatic heterocycles. The summed E-state index contributed by atoms with van der Waals surface area (Å²) in [5, 5.41) is 27.2. The summed E-state index contributed by atoms with van der Waals surface area (Å²) in [4.78, 5) is 50.4. The van der Waals surface area contributed by atoms with E-state index in [0.29, 0.717) is 78.9 Å². The van der Waals surface area contributed by atoms with Gasteiger partial charge in [0.25, 0.3) is 11.4 Å². The number of carbonyl (C=O) groups is 3. The predicted octanol–water partition coefficient (Wildman–Crippen LogP) is 4.14. The van der Waals surface area contributed by atoms with Gasteiger partial charge in [0.15, 0.2) is 0 Å². The number of non-ortho nitro benzene ring substituents is 2. The Bertz CT molecular complexity index is 1190. The standard InChI is InChI=1S/C15H22N2O5.C12H19N3O4.C4H6O3.CH4/c1-13(18)3-2-9-21-11-12-22-10-8-16-14-4-6-15(7-5-14)17(19)20;13-5-7-18-9-10-19-8-6-14-11-1-3-12(4-2-11)15(16)17;1-3(5)7-4(2)6;/h4-7,16H,2-3,8-12H2,1H3;1-4,14H,5-10,13H2;1-2H3;1H4. The molecule has 0 aromatic heterocycles. The summed E-state index contributed by atoms with van der Waals surface area (Å²) < 4.78 is 25.2. The SMILES string of the molecule is C.CC(=O)CCCOCCOCCNc1ccc([N+](=O)[O-])cc1.CC(=O)OC(C)=O.NCCOCCOCCNc1ccc([N+](=O)[O-])cc1. The van der Waals surface area contributed by atoms with E-state index >= 15 is 0 Å². The lowest BCUT2D eigenvalue weighted by atomic mass is 10.2. The lowest BCUT2D eigenvalue weighted by molar-refractivity contribution is -0.385. The Morgan fingerprint density at radius 1 is 0.633 bits per heavy atom. The number of esters is 2. The topological polar surface area (TPSA) is 234 Å². The predicted molar refractivity (Wildman–Crippen MR) is 185 cm³/mol. The second kappa shape index (κ2) is 30.8. The van der Waals surface area contributed by atoms with Gasteiger partial charge in [-0.15, -0.1) is 0 Å². The van der Waals surface area contributed by atoms with Crippen molar-refractivity contribution in [2.45, 2.75) is 41.0 Å². The number of ketones is 1. The molecular weight excluding hydrogens is 646 g/mol. The average molecular weight is 698 g/mol. The van der Waals surface area contributed by atoms with E-state index in [1.165, 1.54) is 38.1 Å². The van der Waals surface area contributed by atoms with Crippen molar-refractivity contribution < 1.29 is 47.9 Å². The zero-order valence-electron chi connectivity index (χ0n) is 27.7. The van der Waals surface area contributed by atoms with Gasteiger partial charge in [0.2, 0.25) is 0 Å². The van der Waals surface area contributed by atoms with Gasteiger partial charge >= 0.3 is 11.9 Å². The van der Waals surface area contributed by atoms with Gasteiger partial charge in [0.1, 0.15) is 5.78 Å². The van der Waals surface area contributed by atoms with Crippen molar-refractivity contribution in [1.82, 2.24) is 0 Å². The molecule has 0 saturated carbocycles. The molecule has 0 aliphatic carbocycles. The Balaban J connectivity index is 0. The molecule has 4 N–H and O–H groups in total. The zero-order valence-corrected chi connectivity index (χ0v) is 27.7. The first-order valence-corrected chi connectivity index (χ1v) is 15.1. The first-order valence-electron chi connectivity index (χ1n) is 15.1. The third kappa shape index (κ3) is 29.3. The Morgan fingerprint density at radius 2 is 1.00 bits per heavy atom. The number of hydrogen-bond acceptors (Lipinski definition) is 15. The third-order valence-corrected chi connectivity index (χ3v) is 5.42. The van der Waals surface area contributed by atoms with Gasteiger partial charge in [-0.05, 0) is 37.6 Å². The molecule has 0 saturated heterocycles. The van der Waals surface area contributed by atoms with Crippen LogP contribution >= 0.6 is 0 Å². The molecule has 17 nitrogen and oxygen atoms in total. The molecule has 0 unspecified atom stereocenters. The lowest BCUT2D eigenvalue weighted by Gasteiger charge is -2.07. The van der Waals surface area contributed by atoms with Crippen LogP contribution in [0.2, 0.25) is 0 Å². The van der Waals surface area contributed by atoms with Crippen molar-refractivity contribution in [2.75, 3.05) is 83.1 Å². The summed E-state index contributed by atoms with van der Waals surface area (Å²) in [6.45, 7) is 9.96. The molecular formula is C32H51N5O12. The number of carbonyl (C=O) groups excluding carboxylic acids is 3. The van der Waals surface area contributed by atoms with Crippen molar-refractivity contribution in [3.05, 3.63) is 68.8 Å². The van der Waals surface area contributed by atoms with Crippen LogP contribution in [-0.2, 0) is 38.1 Å². The molecule has 0 amide bonds. The fraction of sp³-hybridized carbons (Fsp3) is 0.531. The highest BCUT2D eigenvalue weighted by Crippen LogP contribution is 2.15. The van der Waals surface area contributed by atoms with Crippen LogP contribution in [0.4, 0.5) is 22.7 Å². The van der Waals surface area contributed by atoms with Gasteiger partial charge in [-0.25, -0.2) is 0 Å². The lowest BCUT2D eigenvalue weighted by Crippen LogP contribution is -2.14. The second-order valence-corrected chi connectivity index (χ2v) is 9.59. The van der Waals surface area contributed by atoms with Gasteiger partial charge in [-0.3, -0.25) is 29.8 Å². The summed E-state index contributed by atoms with van der Waals surface area (Å²) in [7, 11) is 0. The normalized spacial score (nSPS) is 9.80. The molecule has 0 heterocycles. The molecule has 2 aromatic rings. The smallest absolute Gasteiger partial charge is 0.310 e. The van der Waals surface area contributed by atoms with Crippen LogP contribution in [-0.4, -0.2) is 100 Å². The number of nitrogens with zero attached hydrogens (tertiary/aromatic N) is 2. The summed E-state index contributed by atoms with van der Waals surface area (Å²) in [5.41, 5.74) is 7.06. The number of hydrogen-bond donors (Lipinski definition) is 3. The number of ether oxygens (including phenoxy) is 5. The Labute approximate surface area is 287 Å². The van der Waals surface area contributed by atoms with Crippen LogP contribution < -0.4 is 16.4 Å². The fourth-order valence-electron chi connectivity index (χ4n) is 3.29. The molecule has 0 spiro atoms. The minimum Gasteiger partial charge on any atom is -0.394 e. The van der Waals surface area contributed by atoms with E-state index in [-0.39, 0.29) is 24.6 Å². The van der Waals surface area contributed by atoms with Gasteiger partial charge in [-0.1, -0.05) is 7.43 Å². The maximum absolute atomic E-state index is 10.7. The van der Waals surface area contributed by atoms with E-state index in [1.807, 2.05) is 0 Å². The minimum absolute atomic E-state index is 0. The summed E-state index contributed by atoms with van der Waals surface area (Å²) in [6.07, 6.45) is 1.30. The van der Waals surface area contributed by atoms with Crippen molar-refractivity contribution >= 4 is 40.5 Å². The van der Waals surface area contributed by atoms with Crippen molar-refractivity contribution in [2.24, 2.45) is 5.73 Å². The maximum Gasteiger partial charge on any atom is 0.310 e. The number of nitro benzene ring substituents is 2. The highest BCUT2D eigenvalue weighted by Gasteiger charge is 2.04. The van der Waals surface area contributed by atoms with Gasteiger partial charge < -0.3 is 44.8 Å². The van der Waals surface area contributed by atoms with Crippen molar-refractivity contribution in [3.8, 4) is 0 Å². The van der Waals surface area contributed by atoms with E-state index < -0.39 is 21.8 Å². The monoisotopic (exact) mass is 697 g/mol. The van der Waals surface area contributed by atoms with E-state index in [9.17, 15) is 34.6 Å². The third-order valence-electron chi connectivity index (χ3n) is 5.42. The van der Waals surface area contributed by atoms with Crippen LogP contribution in [0.25, 0.3) is 0 Å². The van der Waals surface area contributed by atoms with E-state index in [2.05, 4.69) is 15.4 Å². The van der Waals surface area contributed by atoms with Gasteiger partial charge in [0, 0.05) is 82.1 Å². The van der Waals surface area contributed by atoms with E-state index in [4.69, 9.17) is 24.7 Å². The molecule has 276 valence electrons. The summed E-state index contributed by atoms with van der Waals surface area (Å²) >= 11 is 0. The second-order valence-electron chi connectivity index (χ2n) is 9.59. The van der Waals surface area contributed by atoms with Crippen LogP contribution in [0.1, 0.15) is 41.0 Å². The number of nitrogens with one attached hydrogen (secondary N) is 2. The number of rotatable bonds is 22. The van der Waals surface area contributed by atoms with Crippen molar-refractivity contribution in [3.63, 3.8) is 0 Å². The van der Waals surface area contributed by atoms with Gasteiger partial charge in [0.05, 0.1) is 56.1 Å². The summed E-state index contributed by atoms with van der Waals surface area (Å²) in [5.74, 6) is -0.947. The number of nitrogens with two attached hydrogens (primary N) is 1. The van der Waals surface area contributed by atoms with Crippen LogP contribution in [0.3, 0.4) is 0 Å². The van der Waals surface area contributed by atoms with E-state index in [1.54, 1.807) is 31.2 Å². The summed E-state index contributed by atoms with van der Waals surface area (Å²) in [6, 6.07) is 12.5. The van der Waals surface area contributed by atoms with Crippen LogP contribution in [0.5, 0.6) is 0 Å². The first-order chi connectivity index (χ1) is 23.0. The van der Waals surface area contributed by atoms with Crippen LogP contribution in [0.15, 0.2) is 48.5 Å². The first kappa shape index (κ1) is 46.6. The number of benzene rings is 2. The quantitative estimate of drug-likeness (QED) is 0.0516. The Morgan fingerprint density at radius 3 is 1.31 bits per heavy atom. The zero-order chi connectivity index (χ0) is 36.0. The molecule has 0 bridgehead atoms. The molecule has 17 heteroatoms. The van der Waals surface area contributed by atoms with Gasteiger partial charge in [-0.2, -0.15) is 0 Å². The van der Waals surface area contributed by atoms with Crippen LogP contribution in [0, 0.1) is 20.2 Å². The molecule has 0 radical (unpaired) electrons. The highest BCUT2D eigenvalue weighted by atomic mass is 16.6. The number of Topliss-reactive ketones (excluding diaryl/α,β-unsaturated/α-hetero) is 1. The van der Waals surface area contributed by atoms with E-state index in [0.717, 1.165) is 17.8 Å². The minimum atomic E-state index is -0.562. The number of anilines is 2. The average Bonchev–Trinajstić information content (AvgIpc) is 3.03.